The molecule has 1 unspecified atom stereocenters. The third-order valence-corrected chi connectivity index (χ3v) is 6.72. The molecule has 10 heteroatoms. The van der Waals surface area contributed by atoms with E-state index in [4.69, 9.17) is 15.2 Å². The average Bonchev–Trinajstić information content (AvgIpc) is 3.28. The molecule has 1 aliphatic carbocycles. The van der Waals surface area contributed by atoms with Crippen LogP contribution in [0.25, 0.3) is 0 Å². The van der Waals surface area contributed by atoms with Crippen molar-refractivity contribution < 1.29 is 19.2 Å². The van der Waals surface area contributed by atoms with Crippen LogP contribution in [-0.4, -0.2) is 24.9 Å². The van der Waals surface area contributed by atoms with Gasteiger partial charge in [-0.05, 0) is 31.0 Å². The Hall–Kier alpha value is -3.84. The number of nitro groups is 1. The molecule has 0 radical (unpaired) electrons. The Balaban J connectivity index is 1.95. The molecule has 164 valence electrons. The molecule has 2 heterocycles. The Morgan fingerprint density at radius 1 is 1.25 bits per heavy atom. The maximum atomic E-state index is 13.1. The van der Waals surface area contributed by atoms with Crippen LogP contribution in [-0.2, 0) is 4.79 Å². The van der Waals surface area contributed by atoms with Crippen LogP contribution < -0.4 is 20.1 Å². The van der Waals surface area contributed by atoms with E-state index < -0.39 is 10.8 Å². The minimum atomic E-state index is -0.734. The number of allylic oxidation sites excluding steroid dienone is 3. The molecular weight excluding hydrogens is 432 g/mol. The molecule has 2 aliphatic rings. The third kappa shape index (κ3) is 3.36. The van der Waals surface area contributed by atoms with Gasteiger partial charge in [-0.15, -0.1) is 0 Å². The van der Waals surface area contributed by atoms with Crippen molar-refractivity contribution in [1.82, 2.24) is 0 Å². The van der Waals surface area contributed by atoms with Crippen LogP contribution in [0.4, 0.5) is 10.7 Å². The topological polar surface area (TPSA) is 132 Å². The molecule has 0 spiro atoms. The van der Waals surface area contributed by atoms with Gasteiger partial charge < -0.3 is 15.2 Å². The fourth-order valence-corrected chi connectivity index (χ4v) is 5.15. The average molecular weight is 452 g/mol. The summed E-state index contributed by atoms with van der Waals surface area (Å²) in [7, 11) is 3.06. The van der Waals surface area contributed by atoms with Crippen molar-refractivity contribution in [3.05, 3.63) is 68.0 Å². The lowest BCUT2D eigenvalue weighted by Gasteiger charge is -2.39. The van der Waals surface area contributed by atoms with E-state index in [1.165, 1.54) is 13.2 Å². The smallest absolute Gasteiger partial charge is 0.324 e. The van der Waals surface area contributed by atoms with E-state index in [2.05, 4.69) is 6.07 Å². The number of hydrogen-bond donors (Lipinski definition) is 1. The maximum Gasteiger partial charge on any atom is 0.324 e. The van der Waals surface area contributed by atoms with Gasteiger partial charge in [0.05, 0.1) is 42.4 Å². The van der Waals surface area contributed by atoms with Crippen LogP contribution in [0.5, 0.6) is 11.5 Å². The van der Waals surface area contributed by atoms with Crippen LogP contribution >= 0.6 is 11.3 Å². The highest BCUT2D eigenvalue weighted by Gasteiger charge is 2.42. The Morgan fingerprint density at radius 3 is 2.66 bits per heavy atom. The summed E-state index contributed by atoms with van der Waals surface area (Å²) < 4.78 is 10.8. The molecule has 1 aliphatic heterocycles. The zero-order valence-corrected chi connectivity index (χ0v) is 18.3. The minimum Gasteiger partial charge on any atom is -0.497 e. The van der Waals surface area contributed by atoms with E-state index >= 15 is 0 Å². The summed E-state index contributed by atoms with van der Waals surface area (Å²) >= 11 is 0.950. The SMILES string of the molecule is COc1ccc(N2C(N)=C(C#N)C(c3ccc([N+](=O)[O-])s3)C3=C2CCCC3=O)c(OC)c1. The number of benzene rings is 1. The van der Waals surface area contributed by atoms with Crippen molar-refractivity contribution >= 4 is 27.8 Å². The summed E-state index contributed by atoms with van der Waals surface area (Å²) in [4.78, 5) is 26.1. The van der Waals surface area contributed by atoms with E-state index in [1.54, 1.807) is 36.3 Å². The molecule has 9 nitrogen and oxygen atoms in total. The lowest BCUT2D eigenvalue weighted by atomic mass is 9.78. The number of anilines is 1. The van der Waals surface area contributed by atoms with Gasteiger partial charge in [-0.25, -0.2) is 0 Å². The molecule has 2 N–H and O–H groups in total. The van der Waals surface area contributed by atoms with Crippen molar-refractivity contribution in [2.24, 2.45) is 5.73 Å². The number of nitriles is 1. The van der Waals surface area contributed by atoms with Gasteiger partial charge in [0.15, 0.2) is 5.78 Å². The van der Waals surface area contributed by atoms with Crippen molar-refractivity contribution in [3.8, 4) is 17.6 Å². The number of methoxy groups -OCH3 is 2. The monoisotopic (exact) mass is 452 g/mol. The number of ether oxygens (including phenoxy) is 2. The van der Waals surface area contributed by atoms with Crippen molar-refractivity contribution in [1.29, 1.82) is 5.26 Å². The first kappa shape index (κ1) is 21.4. The largest absolute Gasteiger partial charge is 0.497 e. The van der Waals surface area contributed by atoms with Gasteiger partial charge in [0, 0.05) is 34.7 Å². The number of hydrogen-bond acceptors (Lipinski definition) is 9. The number of thiophene rings is 1. The van der Waals surface area contributed by atoms with Gasteiger partial charge in [0.2, 0.25) is 0 Å². The number of rotatable bonds is 5. The third-order valence-electron chi connectivity index (χ3n) is 5.62. The van der Waals surface area contributed by atoms with E-state index in [1.807, 2.05) is 0 Å². The first-order valence-electron chi connectivity index (χ1n) is 9.83. The number of carbonyl (C=O) groups excluding carboxylic acids is 1. The predicted molar refractivity (Wildman–Crippen MR) is 118 cm³/mol. The number of ketones is 1. The van der Waals surface area contributed by atoms with Gasteiger partial charge >= 0.3 is 5.00 Å². The second kappa shape index (κ2) is 8.36. The van der Waals surface area contributed by atoms with E-state index in [-0.39, 0.29) is 22.2 Å². The number of nitrogens with two attached hydrogens (primary N) is 1. The summed E-state index contributed by atoms with van der Waals surface area (Å²) in [6.45, 7) is 0. The second-order valence-electron chi connectivity index (χ2n) is 7.29. The Morgan fingerprint density at radius 2 is 2.03 bits per heavy atom. The summed E-state index contributed by atoms with van der Waals surface area (Å²) in [5, 5.41) is 21.2. The molecule has 0 fully saturated rings. The molecule has 1 aromatic carbocycles. The zero-order valence-electron chi connectivity index (χ0n) is 17.5. The van der Waals surface area contributed by atoms with Crippen molar-refractivity contribution in [2.45, 2.75) is 25.2 Å². The van der Waals surface area contributed by atoms with Crippen LogP contribution in [0, 0.1) is 21.4 Å². The summed E-state index contributed by atoms with van der Waals surface area (Å²) in [6.07, 6.45) is 1.55. The highest BCUT2D eigenvalue weighted by molar-refractivity contribution is 7.15. The lowest BCUT2D eigenvalue weighted by molar-refractivity contribution is -0.380. The second-order valence-corrected chi connectivity index (χ2v) is 8.38. The number of Topliss-reactive ketones (excluding diaryl/α,β-unsaturated/α-hetero) is 1. The fourth-order valence-electron chi connectivity index (χ4n) is 4.21. The molecule has 0 amide bonds. The molecular formula is C22H20N4O5S. The Kier molecular flexibility index (Phi) is 5.59. The molecule has 2 aromatic rings. The van der Waals surface area contributed by atoms with Gasteiger partial charge in [0.25, 0.3) is 0 Å². The number of carbonyl (C=O) groups is 1. The molecule has 1 aromatic heterocycles. The minimum absolute atomic E-state index is 0.0551. The highest BCUT2D eigenvalue weighted by Crippen LogP contribution is 2.50. The number of nitrogens with zero attached hydrogens (tertiary/aromatic N) is 3. The van der Waals surface area contributed by atoms with E-state index in [9.17, 15) is 20.2 Å². The lowest BCUT2D eigenvalue weighted by Crippen LogP contribution is -2.38. The van der Waals surface area contributed by atoms with E-state index in [0.717, 1.165) is 11.3 Å². The molecule has 4 rings (SSSR count). The fraction of sp³-hybridized carbons (Fsp3) is 0.273. The molecule has 0 bridgehead atoms. The zero-order chi connectivity index (χ0) is 23.0. The maximum absolute atomic E-state index is 13.1. The molecule has 0 saturated carbocycles. The standard InChI is InChI=1S/C22H20N4O5S/c1-30-12-6-7-14(17(10-12)31-2)25-15-4-3-5-16(27)21(15)20(13(11-23)22(25)24)18-8-9-19(32-18)26(28)29/h6-10,20H,3-5,24H2,1-2H3. The van der Waals surface area contributed by atoms with Gasteiger partial charge in [0.1, 0.15) is 17.3 Å². The van der Waals surface area contributed by atoms with Gasteiger partial charge in [-0.2, -0.15) is 5.26 Å². The molecule has 1 atom stereocenters. The van der Waals surface area contributed by atoms with Gasteiger partial charge in [-0.3, -0.25) is 19.8 Å². The summed E-state index contributed by atoms with van der Waals surface area (Å²) in [5.41, 5.74) is 8.42. The molecule has 0 saturated heterocycles. The van der Waals surface area contributed by atoms with Gasteiger partial charge in [-0.1, -0.05) is 11.3 Å². The normalized spacial score (nSPS) is 18.3. The Bertz CT molecular complexity index is 1220. The predicted octanol–water partition coefficient (Wildman–Crippen LogP) is 3.98. The quantitative estimate of drug-likeness (QED) is 0.532. The first-order valence-corrected chi connectivity index (χ1v) is 10.6. The van der Waals surface area contributed by atoms with Crippen LogP contribution in [0.1, 0.15) is 30.1 Å². The van der Waals surface area contributed by atoms with Crippen molar-refractivity contribution in [3.63, 3.8) is 0 Å². The first-order chi connectivity index (χ1) is 15.4. The van der Waals surface area contributed by atoms with E-state index in [0.29, 0.717) is 52.6 Å². The Labute approximate surface area is 188 Å². The van der Waals surface area contributed by atoms with Crippen LogP contribution in [0.3, 0.4) is 0 Å². The van der Waals surface area contributed by atoms with Crippen LogP contribution in [0.15, 0.2) is 53.0 Å². The summed E-state index contributed by atoms with van der Waals surface area (Å²) in [6, 6.07) is 10.3. The summed E-state index contributed by atoms with van der Waals surface area (Å²) in [5.74, 6) is 0.403. The molecule has 32 heavy (non-hydrogen) atoms. The van der Waals surface area contributed by atoms with Crippen molar-refractivity contribution in [2.75, 3.05) is 19.1 Å². The highest BCUT2D eigenvalue weighted by atomic mass is 32.1. The van der Waals surface area contributed by atoms with Crippen LogP contribution in [0.2, 0.25) is 0 Å².